The molecule has 192 valence electrons. The Morgan fingerprint density at radius 3 is 2.32 bits per heavy atom. The molecule has 0 aromatic heterocycles. The number of hydrogen-bond acceptors (Lipinski definition) is 6. The van der Waals surface area contributed by atoms with Crippen LogP contribution in [0.2, 0.25) is 0 Å². The molecular formula is C28H26Br2N2O4S. The molecule has 1 aliphatic rings. The summed E-state index contributed by atoms with van der Waals surface area (Å²) in [6.45, 7) is 5.28. The van der Waals surface area contributed by atoms with E-state index in [1.165, 1.54) is 11.8 Å². The summed E-state index contributed by atoms with van der Waals surface area (Å²) in [5.74, 6) is 1.91. The third kappa shape index (κ3) is 6.77. The third-order valence-electron chi connectivity index (χ3n) is 5.46. The molecule has 1 saturated heterocycles. The van der Waals surface area contributed by atoms with E-state index in [2.05, 4.69) is 31.9 Å². The van der Waals surface area contributed by atoms with Crippen LogP contribution in [0.25, 0.3) is 6.08 Å². The smallest absolute Gasteiger partial charge is 0.266 e. The van der Waals surface area contributed by atoms with Crippen LogP contribution < -0.4 is 14.2 Å². The maximum absolute atomic E-state index is 13.2. The second-order valence-corrected chi connectivity index (χ2v) is 10.7. The van der Waals surface area contributed by atoms with Crippen LogP contribution in [0.5, 0.6) is 17.2 Å². The molecule has 4 rings (SSSR count). The monoisotopic (exact) mass is 644 g/mol. The quantitative estimate of drug-likeness (QED) is 0.222. The molecule has 1 amide bonds. The predicted octanol–water partition coefficient (Wildman–Crippen LogP) is 7.82. The van der Waals surface area contributed by atoms with Crippen molar-refractivity contribution in [3.05, 3.63) is 85.6 Å². The summed E-state index contributed by atoms with van der Waals surface area (Å²) in [6, 6.07) is 19.2. The molecule has 9 heteroatoms. The van der Waals surface area contributed by atoms with Gasteiger partial charge in [-0.2, -0.15) is 0 Å². The molecule has 0 saturated carbocycles. The van der Waals surface area contributed by atoms with Crippen molar-refractivity contribution in [1.29, 1.82) is 0 Å². The first kappa shape index (κ1) is 27.3. The zero-order chi connectivity index (χ0) is 26.4. The number of amides is 1. The molecular weight excluding hydrogens is 620 g/mol. The fourth-order valence-corrected chi connectivity index (χ4v) is 5.32. The number of ether oxygens (including phenoxy) is 3. The summed E-state index contributed by atoms with van der Waals surface area (Å²) in [6.07, 6.45) is 1.86. The summed E-state index contributed by atoms with van der Waals surface area (Å²) in [4.78, 5) is 20.1. The minimum atomic E-state index is -0.0832. The molecule has 3 aromatic carbocycles. The topological polar surface area (TPSA) is 60.4 Å². The van der Waals surface area contributed by atoms with Gasteiger partial charge in [0.25, 0.3) is 5.91 Å². The van der Waals surface area contributed by atoms with E-state index >= 15 is 0 Å². The second-order valence-electron chi connectivity index (χ2n) is 7.92. The Morgan fingerprint density at radius 1 is 0.973 bits per heavy atom. The van der Waals surface area contributed by atoms with Crippen molar-refractivity contribution in [2.24, 2.45) is 4.99 Å². The average molecular weight is 646 g/mol. The number of carbonyl (C=O) groups excluding carboxylic acids is 1. The molecule has 37 heavy (non-hydrogen) atoms. The number of thioether (sulfide) groups is 1. The number of halogens is 2. The Labute approximate surface area is 238 Å². The van der Waals surface area contributed by atoms with Gasteiger partial charge in [-0.05, 0) is 91.3 Å². The zero-order valence-corrected chi connectivity index (χ0v) is 24.7. The molecule has 0 unspecified atom stereocenters. The number of nitrogens with zero attached hydrogens (tertiary/aromatic N) is 2. The Morgan fingerprint density at radius 2 is 1.68 bits per heavy atom. The minimum Gasteiger partial charge on any atom is -0.497 e. The molecule has 0 N–H and O–H groups in total. The molecule has 0 bridgehead atoms. The summed E-state index contributed by atoms with van der Waals surface area (Å²) in [5, 5.41) is 0.638. The second kappa shape index (κ2) is 12.7. The van der Waals surface area contributed by atoms with E-state index in [0.717, 1.165) is 31.5 Å². The number of methoxy groups -OCH3 is 1. The van der Waals surface area contributed by atoms with Crippen molar-refractivity contribution in [1.82, 2.24) is 4.90 Å². The summed E-state index contributed by atoms with van der Waals surface area (Å²) in [7, 11) is 1.62. The van der Waals surface area contributed by atoms with Crippen molar-refractivity contribution in [2.75, 3.05) is 20.3 Å². The lowest BCUT2D eigenvalue weighted by molar-refractivity contribution is -0.122. The molecule has 0 aliphatic carbocycles. The van der Waals surface area contributed by atoms with E-state index < -0.39 is 0 Å². The van der Waals surface area contributed by atoms with Gasteiger partial charge in [0.15, 0.2) is 16.7 Å². The Bertz CT molecular complexity index is 1330. The van der Waals surface area contributed by atoms with Crippen molar-refractivity contribution >= 4 is 66.5 Å². The number of carbonyl (C=O) groups is 1. The first-order valence-electron chi connectivity index (χ1n) is 11.7. The highest BCUT2D eigenvalue weighted by molar-refractivity contribution is 9.10. The maximum atomic E-state index is 13.2. The van der Waals surface area contributed by atoms with Crippen molar-refractivity contribution in [3.8, 4) is 17.2 Å². The van der Waals surface area contributed by atoms with Gasteiger partial charge >= 0.3 is 0 Å². The van der Waals surface area contributed by atoms with E-state index in [1.54, 1.807) is 12.0 Å². The zero-order valence-electron chi connectivity index (χ0n) is 20.7. The molecule has 6 nitrogen and oxygen atoms in total. The Kier molecular flexibility index (Phi) is 9.34. The highest BCUT2D eigenvalue weighted by Gasteiger charge is 2.32. The van der Waals surface area contributed by atoms with Gasteiger partial charge in [0.2, 0.25) is 0 Å². The van der Waals surface area contributed by atoms with Crippen molar-refractivity contribution in [2.45, 2.75) is 20.5 Å². The number of aliphatic imine (C=N–C) groups is 1. The van der Waals surface area contributed by atoms with E-state index in [-0.39, 0.29) is 5.91 Å². The third-order valence-corrected chi connectivity index (χ3v) is 7.68. The van der Waals surface area contributed by atoms with E-state index in [9.17, 15) is 4.79 Å². The molecule has 0 spiro atoms. The summed E-state index contributed by atoms with van der Waals surface area (Å²) >= 11 is 8.45. The van der Waals surface area contributed by atoms with E-state index in [0.29, 0.717) is 41.3 Å². The van der Waals surface area contributed by atoms with Gasteiger partial charge in [-0.1, -0.05) is 44.0 Å². The lowest BCUT2D eigenvalue weighted by Gasteiger charge is -2.14. The number of likely N-dealkylation sites (N-methyl/N-ethyl adjacent to an activating group) is 1. The van der Waals surface area contributed by atoms with Gasteiger partial charge in [-0.3, -0.25) is 9.69 Å². The average Bonchev–Trinajstić information content (AvgIpc) is 3.19. The molecule has 3 aromatic rings. The fraction of sp³-hybridized carbons (Fsp3) is 0.214. The van der Waals surface area contributed by atoms with E-state index in [1.807, 2.05) is 80.6 Å². The molecule has 0 radical (unpaired) electrons. The normalized spacial score (nSPS) is 15.5. The highest BCUT2D eigenvalue weighted by atomic mass is 79.9. The lowest BCUT2D eigenvalue weighted by atomic mass is 10.1. The van der Waals surface area contributed by atoms with Crippen LogP contribution in [0.3, 0.4) is 0 Å². The summed E-state index contributed by atoms with van der Waals surface area (Å²) in [5.41, 5.74) is 2.61. The highest BCUT2D eigenvalue weighted by Crippen LogP contribution is 2.39. The van der Waals surface area contributed by atoms with E-state index in [4.69, 9.17) is 19.2 Å². The molecule has 1 aliphatic heterocycles. The Hall–Kier alpha value is -2.75. The molecule has 1 heterocycles. The van der Waals surface area contributed by atoms with Crippen LogP contribution in [0.1, 0.15) is 25.0 Å². The van der Waals surface area contributed by atoms with Crippen LogP contribution in [0.4, 0.5) is 5.69 Å². The van der Waals surface area contributed by atoms with Crippen LogP contribution >= 0.6 is 43.6 Å². The lowest BCUT2D eigenvalue weighted by Crippen LogP contribution is -2.28. The van der Waals surface area contributed by atoms with Gasteiger partial charge in [0.05, 0.1) is 24.3 Å². The molecule has 1 fully saturated rings. The number of hydrogen-bond donors (Lipinski definition) is 0. The number of rotatable bonds is 9. The van der Waals surface area contributed by atoms with Gasteiger partial charge < -0.3 is 14.2 Å². The fourth-order valence-electron chi connectivity index (χ4n) is 3.56. The first-order chi connectivity index (χ1) is 17.9. The van der Waals surface area contributed by atoms with Crippen LogP contribution in [0.15, 0.2) is 79.5 Å². The van der Waals surface area contributed by atoms with Gasteiger partial charge in [0, 0.05) is 15.5 Å². The van der Waals surface area contributed by atoms with Crippen molar-refractivity contribution in [3.63, 3.8) is 0 Å². The number of benzene rings is 3. The van der Waals surface area contributed by atoms with Gasteiger partial charge in [-0.25, -0.2) is 4.99 Å². The van der Waals surface area contributed by atoms with Crippen LogP contribution in [-0.2, 0) is 11.4 Å². The maximum Gasteiger partial charge on any atom is 0.266 e. The SMILES string of the molecule is CCOc1cc(/C=C2/SC(=Nc3ccc(OC)cc3)N(CC)C2=O)c(Br)cc1OCc1ccc(Br)cc1. The standard InChI is InChI=1S/C28H26Br2N2O4S/c1-4-32-27(33)26(37-28(32)31-21-10-12-22(34-3)13-11-21)15-19-14-24(35-5-2)25(16-23(19)30)36-17-18-6-8-20(29)9-7-18/h6-16H,4-5,17H2,1-3H3/b26-15+,31-28?. The number of amidine groups is 1. The first-order valence-corrected chi connectivity index (χ1v) is 14.1. The van der Waals surface area contributed by atoms with Gasteiger partial charge in [0.1, 0.15) is 12.4 Å². The van der Waals surface area contributed by atoms with Crippen LogP contribution in [0, 0.1) is 0 Å². The van der Waals surface area contributed by atoms with Crippen molar-refractivity contribution < 1.29 is 19.0 Å². The molecule has 0 atom stereocenters. The minimum absolute atomic E-state index is 0.0832. The largest absolute Gasteiger partial charge is 0.497 e. The van der Waals surface area contributed by atoms with Gasteiger partial charge in [-0.15, -0.1) is 0 Å². The van der Waals surface area contributed by atoms with Crippen LogP contribution in [-0.4, -0.2) is 36.2 Å². The predicted molar refractivity (Wildman–Crippen MR) is 157 cm³/mol. The Balaban J connectivity index is 1.59. The summed E-state index contributed by atoms with van der Waals surface area (Å²) < 4.78 is 19.0.